The smallest absolute Gasteiger partial charge is 0.232 e. The molecule has 3 nitrogen and oxygen atoms in total. The largest absolute Gasteiger partial charge is 0.475 e. The highest BCUT2D eigenvalue weighted by Crippen LogP contribution is 2.25. The molecule has 1 rings (SSSR count). The van der Waals surface area contributed by atoms with E-state index in [4.69, 9.17) is 16.3 Å². The first-order valence-corrected chi connectivity index (χ1v) is 6.11. The number of aromatic nitrogens is 1. The van der Waals surface area contributed by atoms with E-state index >= 15 is 0 Å². The Morgan fingerprint density at radius 2 is 2.12 bits per heavy atom. The van der Waals surface area contributed by atoms with Gasteiger partial charge in [-0.2, -0.15) is 0 Å². The zero-order chi connectivity index (χ0) is 12.3. The Kier molecular flexibility index (Phi) is 4.59. The van der Waals surface area contributed by atoms with Crippen molar-refractivity contribution in [3.05, 3.63) is 21.8 Å². The molecule has 1 aromatic rings. The monoisotopic (exact) mass is 306 g/mol. The van der Waals surface area contributed by atoms with Gasteiger partial charge >= 0.3 is 0 Å². The average Bonchev–Trinajstić information content (AvgIpc) is 2.16. The van der Waals surface area contributed by atoms with Gasteiger partial charge in [-0.1, -0.05) is 11.6 Å². The Balaban J connectivity index is 2.68. The molecule has 5 heteroatoms. The first-order chi connectivity index (χ1) is 7.33. The molecule has 0 N–H and O–H groups in total. The molecule has 0 unspecified atom stereocenters. The summed E-state index contributed by atoms with van der Waals surface area (Å²) in [7, 11) is 4.03. The highest BCUT2D eigenvalue weighted by molar-refractivity contribution is 9.10. The molecule has 0 aromatic carbocycles. The van der Waals surface area contributed by atoms with Crippen molar-refractivity contribution in [2.75, 3.05) is 20.7 Å². The Labute approximate surface area is 110 Å². The lowest BCUT2D eigenvalue weighted by molar-refractivity contribution is 0.111. The second-order valence-electron chi connectivity index (χ2n) is 4.44. The molecule has 0 saturated carbocycles. The van der Waals surface area contributed by atoms with E-state index in [-0.39, 0.29) is 5.54 Å². The summed E-state index contributed by atoms with van der Waals surface area (Å²) >= 11 is 9.31. The lowest BCUT2D eigenvalue weighted by Gasteiger charge is -2.31. The molecule has 0 saturated heterocycles. The van der Waals surface area contributed by atoms with Crippen LogP contribution in [-0.4, -0.2) is 36.1 Å². The van der Waals surface area contributed by atoms with Gasteiger partial charge in [-0.3, -0.25) is 0 Å². The van der Waals surface area contributed by atoms with Crippen LogP contribution in [0, 0.1) is 0 Å². The highest BCUT2D eigenvalue weighted by atomic mass is 79.9. The fourth-order valence-corrected chi connectivity index (χ4v) is 1.57. The van der Waals surface area contributed by atoms with Gasteiger partial charge in [0.1, 0.15) is 11.6 Å². The van der Waals surface area contributed by atoms with Gasteiger partial charge < -0.3 is 9.64 Å². The summed E-state index contributed by atoms with van der Waals surface area (Å²) in [5.74, 6) is 0.472. The van der Waals surface area contributed by atoms with Gasteiger partial charge in [0.05, 0.1) is 0 Å². The number of pyridine rings is 1. The number of hydrogen-bond acceptors (Lipinski definition) is 3. The van der Waals surface area contributed by atoms with Crippen LogP contribution in [0.25, 0.3) is 0 Å². The fourth-order valence-electron chi connectivity index (χ4n) is 0.882. The van der Waals surface area contributed by atoms with Crippen LogP contribution < -0.4 is 4.74 Å². The van der Waals surface area contributed by atoms with Crippen molar-refractivity contribution in [2.24, 2.45) is 0 Å². The number of halogens is 2. The normalized spacial score (nSPS) is 11.9. The average molecular weight is 308 g/mol. The minimum absolute atomic E-state index is 0.0575. The van der Waals surface area contributed by atoms with Gasteiger partial charge in [0, 0.05) is 16.2 Å². The molecule has 16 heavy (non-hydrogen) atoms. The van der Waals surface area contributed by atoms with Crippen molar-refractivity contribution >= 4 is 27.5 Å². The third-order valence-corrected chi connectivity index (χ3v) is 3.25. The Morgan fingerprint density at radius 1 is 1.50 bits per heavy atom. The molecular formula is C11H16BrClN2O. The van der Waals surface area contributed by atoms with Crippen molar-refractivity contribution in [1.29, 1.82) is 0 Å². The number of hydrogen-bond donors (Lipinski definition) is 0. The van der Waals surface area contributed by atoms with Crippen LogP contribution in [0.2, 0.25) is 5.02 Å². The van der Waals surface area contributed by atoms with Crippen molar-refractivity contribution < 1.29 is 4.74 Å². The molecule has 0 aliphatic carbocycles. The second-order valence-corrected chi connectivity index (χ2v) is 5.76. The van der Waals surface area contributed by atoms with E-state index in [1.165, 1.54) is 0 Å². The SMILES string of the molecule is CN(C)C(C)(C)COc1ncc(Br)cc1Cl. The Morgan fingerprint density at radius 3 is 2.62 bits per heavy atom. The van der Waals surface area contributed by atoms with Crippen molar-refractivity contribution in [2.45, 2.75) is 19.4 Å². The zero-order valence-corrected chi connectivity index (χ0v) is 12.3. The maximum atomic E-state index is 6.01. The molecule has 0 aliphatic rings. The minimum atomic E-state index is -0.0575. The van der Waals surface area contributed by atoms with E-state index in [2.05, 4.69) is 39.7 Å². The first-order valence-electron chi connectivity index (χ1n) is 4.94. The standard InChI is InChI=1S/C11H16BrClN2O/c1-11(2,15(3)4)7-16-10-9(13)5-8(12)6-14-10/h5-6H,7H2,1-4H3. The van der Waals surface area contributed by atoms with E-state index in [1.807, 2.05) is 14.1 Å². The summed E-state index contributed by atoms with van der Waals surface area (Å²) in [6.45, 7) is 4.73. The van der Waals surface area contributed by atoms with E-state index in [9.17, 15) is 0 Å². The van der Waals surface area contributed by atoms with Crippen LogP contribution in [0.3, 0.4) is 0 Å². The van der Waals surface area contributed by atoms with Crippen molar-refractivity contribution in [1.82, 2.24) is 9.88 Å². The molecule has 0 bridgehead atoms. The van der Waals surface area contributed by atoms with Gasteiger partial charge in [0.25, 0.3) is 0 Å². The number of ether oxygens (including phenoxy) is 1. The fraction of sp³-hybridized carbons (Fsp3) is 0.545. The molecule has 90 valence electrons. The Hall–Kier alpha value is -0.320. The van der Waals surface area contributed by atoms with Gasteiger partial charge in [-0.05, 0) is 49.9 Å². The van der Waals surface area contributed by atoms with Crippen molar-refractivity contribution in [3.63, 3.8) is 0 Å². The van der Waals surface area contributed by atoms with Gasteiger partial charge in [-0.15, -0.1) is 0 Å². The molecule has 0 atom stereocenters. The van der Waals surface area contributed by atoms with Crippen LogP contribution in [0.1, 0.15) is 13.8 Å². The molecule has 0 fully saturated rings. The topological polar surface area (TPSA) is 25.4 Å². The van der Waals surface area contributed by atoms with E-state index in [0.29, 0.717) is 17.5 Å². The van der Waals surface area contributed by atoms with E-state index in [1.54, 1.807) is 12.3 Å². The third-order valence-electron chi connectivity index (χ3n) is 2.55. The van der Waals surface area contributed by atoms with Crippen LogP contribution in [0.5, 0.6) is 5.88 Å². The molecular weight excluding hydrogens is 291 g/mol. The number of likely N-dealkylation sites (N-methyl/N-ethyl adjacent to an activating group) is 1. The Bertz CT molecular complexity index is 369. The van der Waals surface area contributed by atoms with E-state index in [0.717, 1.165) is 4.47 Å². The number of nitrogens with zero attached hydrogens (tertiary/aromatic N) is 2. The highest BCUT2D eigenvalue weighted by Gasteiger charge is 2.22. The van der Waals surface area contributed by atoms with Gasteiger partial charge in [0.2, 0.25) is 5.88 Å². The lowest BCUT2D eigenvalue weighted by Crippen LogP contribution is -2.43. The lowest BCUT2D eigenvalue weighted by atomic mass is 10.1. The van der Waals surface area contributed by atoms with Crippen LogP contribution in [-0.2, 0) is 0 Å². The maximum Gasteiger partial charge on any atom is 0.232 e. The summed E-state index contributed by atoms with van der Waals surface area (Å²) in [5.41, 5.74) is -0.0575. The van der Waals surface area contributed by atoms with Gasteiger partial charge in [0.15, 0.2) is 0 Å². The minimum Gasteiger partial charge on any atom is -0.475 e. The third kappa shape index (κ3) is 3.61. The quantitative estimate of drug-likeness (QED) is 0.854. The second kappa shape index (κ2) is 5.34. The number of rotatable bonds is 4. The maximum absolute atomic E-state index is 6.01. The molecule has 1 aromatic heterocycles. The summed E-state index contributed by atoms with van der Waals surface area (Å²) in [4.78, 5) is 6.22. The van der Waals surface area contributed by atoms with Crippen LogP contribution >= 0.6 is 27.5 Å². The van der Waals surface area contributed by atoms with Crippen LogP contribution in [0.4, 0.5) is 0 Å². The zero-order valence-electron chi connectivity index (χ0n) is 9.92. The molecule has 0 radical (unpaired) electrons. The van der Waals surface area contributed by atoms with Crippen LogP contribution in [0.15, 0.2) is 16.7 Å². The summed E-state index contributed by atoms with van der Waals surface area (Å²) in [5, 5.41) is 0.518. The molecule has 1 heterocycles. The molecule has 0 amide bonds. The predicted octanol–water partition coefficient (Wildman–Crippen LogP) is 3.22. The molecule has 0 spiro atoms. The van der Waals surface area contributed by atoms with Crippen molar-refractivity contribution in [3.8, 4) is 5.88 Å². The summed E-state index contributed by atoms with van der Waals surface area (Å²) in [6, 6.07) is 1.77. The summed E-state index contributed by atoms with van der Waals surface area (Å²) in [6.07, 6.45) is 1.67. The first kappa shape index (κ1) is 13.7. The molecule has 0 aliphatic heterocycles. The summed E-state index contributed by atoms with van der Waals surface area (Å²) < 4.78 is 6.46. The van der Waals surface area contributed by atoms with Gasteiger partial charge in [-0.25, -0.2) is 4.98 Å². The van der Waals surface area contributed by atoms with E-state index < -0.39 is 0 Å². The predicted molar refractivity (Wildman–Crippen MR) is 70.2 cm³/mol.